The predicted molar refractivity (Wildman–Crippen MR) is 104 cm³/mol. The minimum atomic E-state index is -0.251. The summed E-state index contributed by atoms with van der Waals surface area (Å²) in [5.41, 5.74) is 15.4. The van der Waals surface area contributed by atoms with Gasteiger partial charge in [0.15, 0.2) is 0 Å². The molecular weight excluding hydrogens is 314 g/mol. The number of rotatable bonds is 4. The van der Waals surface area contributed by atoms with Crippen molar-refractivity contribution in [1.29, 1.82) is 0 Å². The molecule has 2 aromatic rings. The van der Waals surface area contributed by atoms with Gasteiger partial charge in [-0.2, -0.15) is 0 Å². The van der Waals surface area contributed by atoms with Crippen molar-refractivity contribution >= 4 is 23.0 Å². The highest BCUT2D eigenvalue weighted by molar-refractivity contribution is 6.05. The summed E-state index contributed by atoms with van der Waals surface area (Å²) in [6.45, 7) is 4.00. The van der Waals surface area contributed by atoms with Gasteiger partial charge in [0.1, 0.15) is 0 Å². The first-order valence-electron chi connectivity index (χ1n) is 8.48. The molecule has 1 fully saturated rings. The van der Waals surface area contributed by atoms with E-state index in [4.69, 9.17) is 11.5 Å². The topological polar surface area (TPSA) is 101 Å². The van der Waals surface area contributed by atoms with Crippen LogP contribution in [0.1, 0.15) is 42.6 Å². The lowest BCUT2D eigenvalue weighted by Gasteiger charge is -2.09. The molecule has 1 saturated carbocycles. The van der Waals surface area contributed by atoms with Gasteiger partial charge in [-0.15, -0.1) is 0 Å². The zero-order valence-electron chi connectivity index (χ0n) is 14.7. The molecule has 3 rings (SSSR count). The smallest absolute Gasteiger partial charge is 0.255 e. The summed E-state index contributed by atoms with van der Waals surface area (Å²) in [6, 6.07) is 12.2. The molecule has 0 aromatic heterocycles. The van der Waals surface area contributed by atoms with E-state index in [1.165, 1.54) is 0 Å². The van der Waals surface area contributed by atoms with Crippen LogP contribution >= 0.6 is 0 Å². The zero-order valence-corrected chi connectivity index (χ0v) is 14.7. The number of carbonyl (C=O) groups is 1. The molecule has 25 heavy (non-hydrogen) atoms. The summed E-state index contributed by atoms with van der Waals surface area (Å²) in [5, 5.41) is 12.7. The van der Waals surface area contributed by atoms with E-state index in [0.717, 1.165) is 24.0 Å². The van der Waals surface area contributed by atoms with E-state index >= 15 is 0 Å². The Morgan fingerprint density at radius 2 is 1.80 bits per heavy atom. The van der Waals surface area contributed by atoms with Gasteiger partial charge in [0, 0.05) is 17.7 Å². The van der Waals surface area contributed by atoms with Gasteiger partial charge in [-0.3, -0.25) is 4.79 Å². The fourth-order valence-corrected chi connectivity index (χ4v) is 2.35. The minimum Gasteiger partial charge on any atom is -0.512 e. The molecule has 6 N–H and O–H groups in total. The SMILES string of the molecule is CC.Nc1ccc(C(=O)Nc2cccc(CC(O)=C3CC3)c2)cc1N. The molecule has 132 valence electrons. The fraction of sp³-hybridized carbons (Fsp3) is 0.250. The fourth-order valence-electron chi connectivity index (χ4n) is 2.35. The number of aliphatic hydroxyl groups is 1. The highest BCUT2D eigenvalue weighted by atomic mass is 16.3. The van der Waals surface area contributed by atoms with Crippen LogP contribution in [-0.2, 0) is 6.42 Å². The summed E-state index contributed by atoms with van der Waals surface area (Å²) >= 11 is 0. The summed E-state index contributed by atoms with van der Waals surface area (Å²) in [6.07, 6.45) is 2.47. The summed E-state index contributed by atoms with van der Waals surface area (Å²) in [7, 11) is 0. The molecule has 5 nitrogen and oxygen atoms in total. The second kappa shape index (κ2) is 8.24. The summed E-state index contributed by atoms with van der Waals surface area (Å²) < 4.78 is 0. The minimum absolute atomic E-state index is 0.251. The molecule has 0 radical (unpaired) electrons. The molecule has 0 heterocycles. The van der Waals surface area contributed by atoms with E-state index in [-0.39, 0.29) is 5.91 Å². The van der Waals surface area contributed by atoms with E-state index in [9.17, 15) is 9.90 Å². The van der Waals surface area contributed by atoms with E-state index in [1.807, 2.05) is 38.1 Å². The quantitative estimate of drug-likeness (QED) is 0.493. The Bertz CT molecular complexity index is 791. The number of carbonyl (C=O) groups excluding carboxylic acids is 1. The Balaban J connectivity index is 0.00000109. The van der Waals surface area contributed by atoms with Gasteiger partial charge in [-0.05, 0) is 54.3 Å². The molecule has 0 saturated heterocycles. The Morgan fingerprint density at radius 3 is 2.44 bits per heavy atom. The molecule has 2 aromatic carbocycles. The average Bonchev–Trinajstić information content (AvgIpc) is 3.44. The van der Waals surface area contributed by atoms with Crippen LogP contribution in [0.2, 0.25) is 0 Å². The number of aliphatic hydroxyl groups excluding tert-OH is 1. The lowest BCUT2D eigenvalue weighted by molar-refractivity contribution is 0.102. The number of nitrogen functional groups attached to an aromatic ring is 2. The highest BCUT2D eigenvalue weighted by Gasteiger charge is 2.17. The van der Waals surface area contributed by atoms with Crippen LogP contribution < -0.4 is 16.8 Å². The van der Waals surface area contributed by atoms with Crippen molar-refractivity contribution in [2.75, 3.05) is 16.8 Å². The normalized spacial score (nSPS) is 12.0. The van der Waals surface area contributed by atoms with Gasteiger partial charge >= 0.3 is 0 Å². The lowest BCUT2D eigenvalue weighted by Crippen LogP contribution is -2.12. The van der Waals surface area contributed by atoms with Crippen molar-refractivity contribution in [2.24, 2.45) is 0 Å². The molecule has 0 aliphatic heterocycles. The summed E-state index contributed by atoms with van der Waals surface area (Å²) in [5.74, 6) is 0.193. The number of hydrogen-bond donors (Lipinski definition) is 4. The zero-order chi connectivity index (χ0) is 18.4. The molecule has 5 heteroatoms. The average molecular weight is 339 g/mol. The van der Waals surface area contributed by atoms with Gasteiger partial charge in [0.2, 0.25) is 0 Å². The monoisotopic (exact) mass is 339 g/mol. The molecule has 0 spiro atoms. The largest absolute Gasteiger partial charge is 0.512 e. The number of anilines is 3. The van der Waals surface area contributed by atoms with Crippen molar-refractivity contribution in [3.05, 3.63) is 64.9 Å². The first-order chi connectivity index (χ1) is 12.0. The lowest BCUT2D eigenvalue weighted by atomic mass is 10.1. The predicted octanol–water partition coefficient (Wildman–Crippen LogP) is 4.28. The molecule has 1 aliphatic rings. The van der Waals surface area contributed by atoms with Gasteiger partial charge in [-0.1, -0.05) is 26.0 Å². The van der Waals surface area contributed by atoms with E-state index in [0.29, 0.717) is 34.8 Å². The third kappa shape index (κ3) is 5.01. The first kappa shape index (κ1) is 18.4. The van der Waals surface area contributed by atoms with Gasteiger partial charge in [-0.25, -0.2) is 0 Å². The van der Waals surface area contributed by atoms with Crippen LogP contribution in [0.3, 0.4) is 0 Å². The number of nitrogens with two attached hydrogens (primary N) is 2. The van der Waals surface area contributed by atoms with E-state index in [2.05, 4.69) is 5.32 Å². The van der Waals surface area contributed by atoms with Crippen LogP contribution in [0, 0.1) is 0 Å². The molecule has 0 unspecified atom stereocenters. The number of benzene rings is 2. The molecule has 0 atom stereocenters. The van der Waals surface area contributed by atoms with Crippen LogP contribution in [-0.4, -0.2) is 11.0 Å². The van der Waals surface area contributed by atoms with Gasteiger partial charge in [0.25, 0.3) is 5.91 Å². The standard InChI is InChI=1S/C18H19N3O2.C2H6/c19-15-7-6-13(10-16(15)20)18(23)21-14-3-1-2-11(8-14)9-17(22)12-4-5-12;1-2/h1-3,6-8,10,22H,4-5,9,19-20H2,(H,21,23);1-2H3. The maximum Gasteiger partial charge on any atom is 0.255 e. The van der Waals surface area contributed by atoms with Crippen molar-refractivity contribution in [2.45, 2.75) is 33.1 Å². The number of amides is 1. The van der Waals surface area contributed by atoms with E-state index in [1.54, 1.807) is 18.2 Å². The van der Waals surface area contributed by atoms with Crippen LogP contribution in [0.4, 0.5) is 17.1 Å². The Hall–Kier alpha value is -2.95. The number of nitrogens with one attached hydrogen (secondary N) is 1. The van der Waals surface area contributed by atoms with Crippen molar-refractivity contribution in [3.63, 3.8) is 0 Å². The Labute approximate surface area is 148 Å². The Morgan fingerprint density at radius 1 is 1.08 bits per heavy atom. The maximum absolute atomic E-state index is 12.3. The van der Waals surface area contributed by atoms with Crippen molar-refractivity contribution in [3.8, 4) is 0 Å². The highest BCUT2D eigenvalue weighted by Crippen LogP contribution is 2.32. The summed E-state index contributed by atoms with van der Waals surface area (Å²) in [4.78, 5) is 12.3. The van der Waals surface area contributed by atoms with Crippen LogP contribution in [0.25, 0.3) is 0 Å². The van der Waals surface area contributed by atoms with Crippen molar-refractivity contribution < 1.29 is 9.90 Å². The number of hydrogen-bond acceptors (Lipinski definition) is 4. The maximum atomic E-state index is 12.3. The molecule has 1 aliphatic carbocycles. The number of allylic oxidation sites excluding steroid dienone is 2. The van der Waals surface area contributed by atoms with Crippen molar-refractivity contribution in [1.82, 2.24) is 0 Å². The van der Waals surface area contributed by atoms with E-state index < -0.39 is 0 Å². The Kier molecular flexibility index (Phi) is 6.06. The van der Waals surface area contributed by atoms with Crippen LogP contribution in [0.15, 0.2) is 53.8 Å². The third-order valence-corrected chi connectivity index (χ3v) is 3.81. The second-order valence-electron chi connectivity index (χ2n) is 5.73. The second-order valence-corrected chi connectivity index (χ2v) is 5.73. The van der Waals surface area contributed by atoms with Gasteiger partial charge in [0.05, 0.1) is 17.1 Å². The molecular formula is C20H25N3O2. The third-order valence-electron chi connectivity index (χ3n) is 3.81. The first-order valence-corrected chi connectivity index (χ1v) is 8.48. The molecule has 1 amide bonds. The molecule has 0 bridgehead atoms. The van der Waals surface area contributed by atoms with Gasteiger partial charge < -0.3 is 21.9 Å². The van der Waals surface area contributed by atoms with Crippen LogP contribution in [0.5, 0.6) is 0 Å².